The maximum Gasteiger partial charge on any atom is 0.320 e. The van der Waals surface area contributed by atoms with Gasteiger partial charge in [-0.3, -0.25) is 4.79 Å². The lowest BCUT2D eigenvalue weighted by Gasteiger charge is -2.00. The molecule has 0 bridgehead atoms. The summed E-state index contributed by atoms with van der Waals surface area (Å²) in [6.45, 7) is 0. The molecule has 3 N–H and O–H groups in total. The van der Waals surface area contributed by atoms with Crippen LogP contribution in [0.4, 0.5) is 0 Å². The quantitative estimate of drug-likeness (QED) is 0.623. The van der Waals surface area contributed by atoms with E-state index in [2.05, 4.69) is 9.68 Å². The topological polar surface area (TPSA) is 89.4 Å². The molecule has 0 spiro atoms. The van der Waals surface area contributed by atoms with Crippen molar-refractivity contribution >= 4 is 5.97 Å². The van der Waals surface area contributed by atoms with E-state index in [1.165, 1.54) is 6.20 Å². The van der Waals surface area contributed by atoms with Gasteiger partial charge in [0.15, 0.2) is 0 Å². The fourth-order valence-corrected chi connectivity index (χ4v) is 0.651. The summed E-state index contributed by atoms with van der Waals surface area (Å²) in [5.74, 6) is -0.554. The van der Waals surface area contributed by atoms with Crippen molar-refractivity contribution in [3.63, 3.8) is 0 Å². The minimum absolute atomic E-state index is 0.176. The summed E-state index contributed by atoms with van der Waals surface area (Å²) in [5, 5.41) is 11.8. The zero-order valence-electron chi connectivity index (χ0n) is 5.73. The van der Waals surface area contributed by atoms with Crippen LogP contribution in [0.15, 0.2) is 16.8 Å². The van der Waals surface area contributed by atoms with Gasteiger partial charge in [-0.05, 0) is 0 Å². The lowest BCUT2D eigenvalue weighted by atomic mass is 10.2. The van der Waals surface area contributed by atoms with Gasteiger partial charge >= 0.3 is 5.97 Å². The number of nitrogens with two attached hydrogens (primary N) is 1. The largest absolute Gasteiger partial charge is 0.480 e. The Labute approximate surface area is 62.8 Å². The molecule has 5 nitrogen and oxygen atoms in total. The number of aromatic nitrogens is 1. The number of nitrogens with zero attached hydrogens (tertiary/aromatic N) is 1. The van der Waals surface area contributed by atoms with Gasteiger partial charge < -0.3 is 15.4 Å². The van der Waals surface area contributed by atoms with Gasteiger partial charge in [0.2, 0.25) is 0 Å². The molecule has 0 aliphatic rings. The molecule has 0 aliphatic heterocycles. The second-order valence-corrected chi connectivity index (χ2v) is 2.13. The van der Waals surface area contributed by atoms with Crippen molar-refractivity contribution in [1.29, 1.82) is 0 Å². The van der Waals surface area contributed by atoms with E-state index in [0.29, 0.717) is 5.76 Å². The fraction of sp³-hybridized carbons (Fsp3) is 0.333. The molecular weight excluding hydrogens is 148 g/mol. The van der Waals surface area contributed by atoms with Crippen LogP contribution in [0.25, 0.3) is 0 Å². The number of carboxylic acids is 1. The maximum atomic E-state index is 10.2. The van der Waals surface area contributed by atoms with Crippen molar-refractivity contribution in [3.8, 4) is 0 Å². The van der Waals surface area contributed by atoms with Gasteiger partial charge in [-0.1, -0.05) is 5.16 Å². The van der Waals surface area contributed by atoms with Crippen LogP contribution in [-0.4, -0.2) is 22.3 Å². The summed E-state index contributed by atoms with van der Waals surface area (Å²) >= 11 is 0. The zero-order chi connectivity index (χ0) is 8.27. The first-order valence-corrected chi connectivity index (χ1v) is 3.08. The molecule has 0 aliphatic carbocycles. The average Bonchev–Trinajstić information content (AvgIpc) is 2.39. The van der Waals surface area contributed by atoms with E-state index in [-0.39, 0.29) is 6.42 Å². The van der Waals surface area contributed by atoms with Crippen molar-refractivity contribution in [2.45, 2.75) is 12.5 Å². The molecular formula is C6H8N2O3. The van der Waals surface area contributed by atoms with E-state index in [1.54, 1.807) is 6.07 Å². The molecule has 0 amide bonds. The second kappa shape index (κ2) is 3.16. The van der Waals surface area contributed by atoms with Gasteiger partial charge in [0.05, 0.1) is 6.20 Å². The fourth-order valence-electron chi connectivity index (χ4n) is 0.651. The van der Waals surface area contributed by atoms with Crippen LogP contribution in [-0.2, 0) is 11.2 Å². The van der Waals surface area contributed by atoms with Crippen LogP contribution in [0.3, 0.4) is 0 Å². The molecule has 0 radical (unpaired) electrons. The Morgan fingerprint density at radius 3 is 3.09 bits per heavy atom. The monoisotopic (exact) mass is 156 g/mol. The standard InChI is InChI=1S/C6H8N2O3/c7-5(6(9)10)3-4-1-2-8-11-4/h1-2,5H,3,7H2,(H,9,10)/t5-/m1/s1. The summed E-state index contributed by atoms with van der Waals surface area (Å²) in [6, 6.07) is 0.672. The highest BCUT2D eigenvalue weighted by Gasteiger charge is 2.13. The first kappa shape index (κ1) is 7.74. The number of carboxylic acid groups (broad SMARTS) is 1. The lowest BCUT2D eigenvalue weighted by molar-refractivity contribution is -0.138. The number of hydrogen-bond donors (Lipinski definition) is 2. The minimum Gasteiger partial charge on any atom is -0.480 e. The molecule has 0 fully saturated rings. The Morgan fingerprint density at radius 2 is 2.64 bits per heavy atom. The van der Waals surface area contributed by atoms with Gasteiger partial charge in [0.1, 0.15) is 11.8 Å². The van der Waals surface area contributed by atoms with E-state index in [1.807, 2.05) is 0 Å². The van der Waals surface area contributed by atoms with Gasteiger partial charge in [-0.25, -0.2) is 0 Å². The second-order valence-electron chi connectivity index (χ2n) is 2.13. The highest BCUT2D eigenvalue weighted by molar-refractivity contribution is 5.73. The predicted octanol–water partition coefficient (Wildman–Crippen LogP) is -0.371. The van der Waals surface area contributed by atoms with E-state index < -0.39 is 12.0 Å². The number of hydrogen-bond acceptors (Lipinski definition) is 4. The summed E-state index contributed by atoms with van der Waals surface area (Å²) in [7, 11) is 0. The molecule has 0 saturated carbocycles. The lowest BCUT2D eigenvalue weighted by Crippen LogP contribution is -2.32. The van der Waals surface area contributed by atoms with Gasteiger partial charge in [-0.15, -0.1) is 0 Å². The van der Waals surface area contributed by atoms with Gasteiger partial charge in [0, 0.05) is 12.5 Å². The minimum atomic E-state index is -1.04. The Morgan fingerprint density at radius 1 is 1.91 bits per heavy atom. The van der Waals surface area contributed by atoms with Crippen LogP contribution in [0.5, 0.6) is 0 Å². The van der Waals surface area contributed by atoms with Crippen molar-refractivity contribution in [2.24, 2.45) is 5.73 Å². The van der Waals surface area contributed by atoms with Gasteiger partial charge in [0.25, 0.3) is 0 Å². The molecule has 0 unspecified atom stereocenters. The number of rotatable bonds is 3. The van der Waals surface area contributed by atoms with Crippen LogP contribution in [0.1, 0.15) is 5.76 Å². The van der Waals surface area contributed by atoms with E-state index in [4.69, 9.17) is 10.8 Å². The highest BCUT2D eigenvalue weighted by Crippen LogP contribution is 1.99. The average molecular weight is 156 g/mol. The van der Waals surface area contributed by atoms with Crippen molar-refractivity contribution in [3.05, 3.63) is 18.0 Å². The predicted molar refractivity (Wildman–Crippen MR) is 35.8 cm³/mol. The SMILES string of the molecule is N[C@H](Cc1ccno1)C(=O)O. The Kier molecular flexibility index (Phi) is 2.22. The Hall–Kier alpha value is -1.36. The molecule has 60 valence electrons. The van der Waals surface area contributed by atoms with Crippen LogP contribution in [0.2, 0.25) is 0 Å². The number of aliphatic carboxylic acids is 1. The highest BCUT2D eigenvalue weighted by atomic mass is 16.5. The molecule has 0 aromatic carbocycles. The van der Waals surface area contributed by atoms with E-state index in [9.17, 15) is 4.79 Å². The Balaban J connectivity index is 2.50. The van der Waals surface area contributed by atoms with Crippen molar-refractivity contribution in [2.75, 3.05) is 0 Å². The van der Waals surface area contributed by atoms with E-state index >= 15 is 0 Å². The van der Waals surface area contributed by atoms with E-state index in [0.717, 1.165) is 0 Å². The summed E-state index contributed by atoms with van der Waals surface area (Å²) < 4.78 is 4.66. The zero-order valence-corrected chi connectivity index (χ0v) is 5.73. The van der Waals surface area contributed by atoms with Crippen LogP contribution >= 0.6 is 0 Å². The molecule has 1 heterocycles. The van der Waals surface area contributed by atoms with Crippen LogP contribution < -0.4 is 5.73 Å². The molecule has 5 heteroatoms. The molecule has 1 rings (SSSR count). The molecule has 1 aromatic heterocycles. The van der Waals surface area contributed by atoms with Crippen molar-refractivity contribution in [1.82, 2.24) is 5.16 Å². The molecule has 0 saturated heterocycles. The molecule has 11 heavy (non-hydrogen) atoms. The number of carbonyl (C=O) groups is 1. The van der Waals surface area contributed by atoms with Crippen LogP contribution in [0, 0.1) is 0 Å². The van der Waals surface area contributed by atoms with Gasteiger partial charge in [-0.2, -0.15) is 0 Å². The normalized spacial score (nSPS) is 12.8. The first-order chi connectivity index (χ1) is 5.20. The third-order valence-electron chi connectivity index (χ3n) is 1.23. The Bertz CT molecular complexity index is 232. The smallest absolute Gasteiger partial charge is 0.320 e. The maximum absolute atomic E-state index is 10.2. The molecule has 1 aromatic rings. The molecule has 1 atom stereocenters. The summed E-state index contributed by atoms with van der Waals surface area (Å²) in [6.07, 6.45) is 1.62. The third-order valence-corrected chi connectivity index (χ3v) is 1.23. The van der Waals surface area contributed by atoms with Crippen molar-refractivity contribution < 1.29 is 14.4 Å². The third kappa shape index (κ3) is 2.05. The first-order valence-electron chi connectivity index (χ1n) is 3.08. The summed E-state index contributed by atoms with van der Waals surface area (Å²) in [5.41, 5.74) is 5.22. The summed E-state index contributed by atoms with van der Waals surface area (Å²) in [4.78, 5) is 10.2.